The lowest BCUT2D eigenvalue weighted by Gasteiger charge is -2.08. The van der Waals surface area contributed by atoms with Gasteiger partial charge in [0.25, 0.3) is 5.69 Å². The summed E-state index contributed by atoms with van der Waals surface area (Å²) in [5.74, 6) is 0.237. The molecule has 3 aromatic rings. The monoisotopic (exact) mass is 385 g/mol. The fourth-order valence-corrected chi connectivity index (χ4v) is 2.69. The van der Waals surface area contributed by atoms with Crippen molar-refractivity contribution in [2.45, 2.75) is 13.5 Å². The Morgan fingerprint density at radius 3 is 2.59 bits per heavy atom. The first-order chi connectivity index (χ1) is 12.9. The summed E-state index contributed by atoms with van der Waals surface area (Å²) in [6.07, 6.45) is 0. The van der Waals surface area contributed by atoms with Crippen molar-refractivity contribution < 1.29 is 9.31 Å². The van der Waals surface area contributed by atoms with E-state index in [4.69, 9.17) is 12.2 Å². The van der Waals surface area contributed by atoms with Crippen LogP contribution < -0.4 is 10.6 Å². The van der Waals surface area contributed by atoms with Crippen LogP contribution in [-0.2, 0) is 6.54 Å². The molecule has 3 rings (SSSR count). The lowest BCUT2D eigenvalue weighted by molar-refractivity contribution is -0.384. The molecule has 0 amide bonds. The number of aryl methyl sites for hydroxylation is 1. The zero-order valence-corrected chi connectivity index (χ0v) is 15.2. The second kappa shape index (κ2) is 7.92. The van der Waals surface area contributed by atoms with Gasteiger partial charge in [0.2, 0.25) is 0 Å². The summed E-state index contributed by atoms with van der Waals surface area (Å²) in [7, 11) is 0. The van der Waals surface area contributed by atoms with Crippen molar-refractivity contribution >= 4 is 34.5 Å². The fourth-order valence-electron chi connectivity index (χ4n) is 2.46. The van der Waals surface area contributed by atoms with Crippen molar-refractivity contribution in [1.82, 2.24) is 9.78 Å². The minimum atomic E-state index is -0.467. The van der Waals surface area contributed by atoms with Crippen molar-refractivity contribution in [3.8, 4) is 0 Å². The Morgan fingerprint density at radius 1 is 1.22 bits per heavy atom. The fraction of sp³-hybridized carbons (Fsp3) is 0.111. The van der Waals surface area contributed by atoms with E-state index in [9.17, 15) is 14.5 Å². The molecule has 1 heterocycles. The maximum Gasteiger partial charge on any atom is 0.269 e. The van der Waals surface area contributed by atoms with Crippen LogP contribution in [0.1, 0.15) is 11.3 Å². The molecule has 7 nitrogen and oxygen atoms in total. The summed E-state index contributed by atoms with van der Waals surface area (Å²) in [5.41, 5.74) is 2.00. The number of halogens is 1. The Morgan fingerprint density at radius 2 is 1.93 bits per heavy atom. The maximum atomic E-state index is 13.8. The van der Waals surface area contributed by atoms with Crippen LogP contribution in [0.5, 0.6) is 0 Å². The second-order valence-corrected chi connectivity index (χ2v) is 6.21. The number of anilines is 2. The third-order valence-electron chi connectivity index (χ3n) is 3.84. The number of rotatable bonds is 5. The van der Waals surface area contributed by atoms with Gasteiger partial charge in [-0.25, -0.2) is 4.39 Å². The molecule has 0 unspecified atom stereocenters. The number of hydrogen-bond donors (Lipinski definition) is 2. The quantitative estimate of drug-likeness (QED) is 0.391. The van der Waals surface area contributed by atoms with E-state index in [2.05, 4.69) is 15.7 Å². The zero-order valence-electron chi connectivity index (χ0n) is 14.3. The van der Waals surface area contributed by atoms with Gasteiger partial charge in [-0.05, 0) is 37.3 Å². The summed E-state index contributed by atoms with van der Waals surface area (Å²) in [6.45, 7) is 2.18. The number of non-ortho nitro benzene ring substituents is 1. The lowest BCUT2D eigenvalue weighted by atomic mass is 10.2. The van der Waals surface area contributed by atoms with Crippen LogP contribution >= 0.6 is 12.2 Å². The van der Waals surface area contributed by atoms with Gasteiger partial charge < -0.3 is 10.6 Å². The van der Waals surface area contributed by atoms with Crippen LogP contribution in [0.3, 0.4) is 0 Å². The number of aromatic nitrogens is 2. The number of thiocarbonyl (C=S) groups is 1. The van der Waals surface area contributed by atoms with E-state index in [0.29, 0.717) is 28.7 Å². The van der Waals surface area contributed by atoms with Gasteiger partial charge in [0.05, 0.1) is 11.5 Å². The van der Waals surface area contributed by atoms with E-state index < -0.39 is 4.92 Å². The molecule has 0 aliphatic carbocycles. The number of nitrogens with one attached hydrogen (secondary N) is 2. The van der Waals surface area contributed by atoms with Crippen molar-refractivity contribution in [1.29, 1.82) is 0 Å². The number of benzene rings is 2. The molecule has 0 radical (unpaired) electrons. The van der Waals surface area contributed by atoms with Gasteiger partial charge in [0.15, 0.2) is 10.9 Å². The SMILES string of the molecule is Cc1cc(NC(=S)Nc2ccc([N+](=O)[O-])cc2)nn1Cc1ccccc1F. The number of hydrogen-bond acceptors (Lipinski definition) is 4. The molecule has 2 N–H and O–H groups in total. The molecule has 0 fully saturated rings. The standard InChI is InChI=1S/C18H16FN5O2S/c1-12-10-17(22-23(12)11-13-4-2-3-5-16(13)19)21-18(27)20-14-6-8-15(9-7-14)24(25)26/h2-10H,11H2,1H3,(H2,20,21,22,27). The average molecular weight is 385 g/mol. The number of nitro groups is 1. The molecule has 138 valence electrons. The predicted octanol–water partition coefficient (Wildman–Crippen LogP) is 4.10. The highest BCUT2D eigenvalue weighted by atomic mass is 32.1. The smallest absolute Gasteiger partial charge is 0.269 e. The van der Waals surface area contributed by atoms with Gasteiger partial charge in [-0.1, -0.05) is 18.2 Å². The molecular formula is C18H16FN5O2S. The van der Waals surface area contributed by atoms with E-state index in [-0.39, 0.29) is 11.5 Å². The van der Waals surface area contributed by atoms with Gasteiger partial charge in [0.1, 0.15) is 5.82 Å². The van der Waals surface area contributed by atoms with Gasteiger partial charge in [0, 0.05) is 35.1 Å². The Labute approximate surface area is 160 Å². The van der Waals surface area contributed by atoms with Crippen LogP contribution in [-0.4, -0.2) is 19.8 Å². The molecule has 27 heavy (non-hydrogen) atoms. The molecule has 2 aromatic carbocycles. The lowest BCUT2D eigenvalue weighted by Crippen LogP contribution is -2.19. The minimum Gasteiger partial charge on any atom is -0.332 e. The molecule has 1 aromatic heterocycles. The van der Waals surface area contributed by atoms with Crippen molar-refractivity contribution in [3.05, 3.63) is 81.8 Å². The first-order valence-electron chi connectivity index (χ1n) is 8.02. The highest BCUT2D eigenvalue weighted by Crippen LogP contribution is 2.17. The molecule has 0 bridgehead atoms. The molecule has 0 aliphatic heterocycles. The largest absolute Gasteiger partial charge is 0.332 e. The van der Waals surface area contributed by atoms with E-state index in [1.54, 1.807) is 41.1 Å². The summed E-state index contributed by atoms with van der Waals surface area (Å²) >= 11 is 5.24. The van der Waals surface area contributed by atoms with E-state index in [0.717, 1.165) is 5.69 Å². The van der Waals surface area contributed by atoms with Crippen molar-refractivity contribution in [2.24, 2.45) is 0 Å². The Hall–Kier alpha value is -3.33. The first-order valence-corrected chi connectivity index (χ1v) is 8.43. The normalized spacial score (nSPS) is 10.4. The van der Waals surface area contributed by atoms with E-state index in [1.165, 1.54) is 18.2 Å². The molecular weight excluding hydrogens is 369 g/mol. The Balaban J connectivity index is 1.64. The summed E-state index contributed by atoms with van der Waals surface area (Å²) in [6, 6.07) is 14.2. The molecule has 0 atom stereocenters. The highest BCUT2D eigenvalue weighted by molar-refractivity contribution is 7.80. The summed E-state index contributed by atoms with van der Waals surface area (Å²) < 4.78 is 15.5. The minimum absolute atomic E-state index is 0.00180. The van der Waals surface area contributed by atoms with Crippen LogP contribution in [0.15, 0.2) is 54.6 Å². The van der Waals surface area contributed by atoms with E-state index in [1.807, 2.05) is 6.92 Å². The zero-order chi connectivity index (χ0) is 19.4. The van der Waals surface area contributed by atoms with Gasteiger partial charge in [-0.2, -0.15) is 5.10 Å². The molecule has 0 saturated heterocycles. The van der Waals surface area contributed by atoms with Gasteiger partial charge in [-0.3, -0.25) is 14.8 Å². The number of nitrogens with zero attached hydrogens (tertiary/aromatic N) is 3. The maximum absolute atomic E-state index is 13.8. The van der Waals surface area contributed by atoms with Gasteiger partial charge >= 0.3 is 0 Å². The molecule has 0 aliphatic rings. The molecule has 0 saturated carbocycles. The van der Waals surface area contributed by atoms with Gasteiger partial charge in [-0.15, -0.1) is 0 Å². The third kappa shape index (κ3) is 4.64. The van der Waals surface area contributed by atoms with Crippen molar-refractivity contribution in [3.63, 3.8) is 0 Å². The number of nitro benzene ring substituents is 1. The van der Waals surface area contributed by atoms with Crippen LogP contribution in [0, 0.1) is 22.9 Å². The Bertz CT molecular complexity index is 988. The Kier molecular flexibility index (Phi) is 5.41. The topological polar surface area (TPSA) is 85.0 Å². The summed E-state index contributed by atoms with van der Waals surface area (Å²) in [5, 5.41) is 21.2. The molecule has 9 heteroatoms. The average Bonchev–Trinajstić information content (AvgIpc) is 2.96. The van der Waals surface area contributed by atoms with Crippen molar-refractivity contribution in [2.75, 3.05) is 10.6 Å². The van der Waals surface area contributed by atoms with E-state index >= 15 is 0 Å². The predicted molar refractivity (Wildman–Crippen MR) is 105 cm³/mol. The second-order valence-electron chi connectivity index (χ2n) is 5.80. The highest BCUT2D eigenvalue weighted by Gasteiger charge is 2.09. The summed E-state index contributed by atoms with van der Waals surface area (Å²) in [4.78, 5) is 10.2. The third-order valence-corrected chi connectivity index (χ3v) is 4.04. The van der Waals surface area contributed by atoms with Crippen LogP contribution in [0.25, 0.3) is 0 Å². The van der Waals surface area contributed by atoms with Crippen LogP contribution in [0.2, 0.25) is 0 Å². The molecule has 0 spiro atoms. The first kappa shape index (κ1) is 18.5. The van der Waals surface area contributed by atoms with Crippen LogP contribution in [0.4, 0.5) is 21.6 Å².